The smallest absolute Gasteiger partial charge is 0.245 e. The molecule has 2 rings (SSSR count). The summed E-state index contributed by atoms with van der Waals surface area (Å²) in [6.07, 6.45) is 1.82. The molecule has 0 unspecified atom stereocenters. The van der Waals surface area contributed by atoms with E-state index in [1.54, 1.807) is 6.07 Å². The van der Waals surface area contributed by atoms with E-state index in [-0.39, 0.29) is 10.6 Å². The van der Waals surface area contributed by atoms with E-state index in [4.69, 9.17) is 17.3 Å². The molecule has 6 heteroatoms. The fourth-order valence-corrected chi connectivity index (χ4v) is 3.62. The van der Waals surface area contributed by atoms with Crippen LogP contribution in [0.3, 0.4) is 0 Å². The molecular formula is C10H13ClN2O2S. The molecule has 0 bridgehead atoms. The minimum absolute atomic E-state index is 0.152. The van der Waals surface area contributed by atoms with Crippen molar-refractivity contribution in [2.24, 2.45) is 0 Å². The van der Waals surface area contributed by atoms with Crippen molar-refractivity contribution < 1.29 is 8.42 Å². The lowest BCUT2D eigenvalue weighted by Gasteiger charge is -2.16. The van der Waals surface area contributed by atoms with Crippen molar-refractivity contribution in [1.82, 2.24) is 4.31 Å². The first-order valence-electron chi connectivity index (χ1n) is 5.07. The number of anilines is 1. The van der Waals surface area contributed by atoms with E-state index in [1.807, 2.05) is 0 Å². The van der Waals surface area contributed by atoms with E-state index in [2.05, 4.69) is 0 Å². The molecule has 0 radical (unpaired) electrons. The maximum absolute atomic E-state index is 12.2. The first-order valence-corrected chi connectivity index (χ1v) is 6.89. The van der Waals surface area contributed by atoms with Crippen LogP contribution in [0, 0.1) is 0 Å². The lowest BCUT2D eigenvalue weighted by Crippen LogP contribution is -2.28. The molecule has 0 aromatic heterocycles. The van der Waals surface area contributed by atoms with Gasteiger partial charge < -0.3 is 5.73 Å². The standard InChI is InChI=1S/C10H13ClN2O2S/c11-8-3-4-10(9(12)7-8)16(14,15)13-5-1-2-6-13/h3-4,7H,1-2,5-6,12H2. The van der Waals surface area contributed by atoms with Gasteiger partial charge in [0.25, 0.3) is 0 Å². The van der Waals surface area contributed by atoms with Crippen molar-refractivity contribution >= 4 is 27.3 Å². The molecule has 0 atom stereocenters. The number of halogens is 1. The molecule has 1 fully saturated rings. The maximum Gasteiger partial charge on any atom is 0.245 e. The summed E-state index contributed by atoms with van der Waals surface area (Å²) in [5.41, 5.74) is 5.89. The van der Waals surface area contributed by atoms with Crippen LogP contribution in [0.25, 0.3) is 0 Å². The highest BCUT2D eigenvalue weighted by Crippen LogP contribution is 2.27. The Hall–Kier alpha value is -0.780. The molecule has 1 saturated heterocycles. The first-order chi connectivity index (χ1) is 7.51. The van der Waals surface area contributed by atoms with E-state index in [1.165, 1.54) is 16.4 Å². The highest BCUT2D eigenvalue weighted by Gasteiger charge is 2.28. The summed E-state index contributed by atoms with van der Waals surface area (Å²) in [6.45, 7) is 1.15. The van der Waals surface area contributed by atoms with Gasteiger partial charge in [0.1, 0.15) is 4.90 Å². The second-order valence-corrected chi connectivity index (χ2v) is 6.14. The molecule has 16 heavy (non-hydrogen) atoms. The molecule has 0 amide bonds. The zero-order valence-corrected chi connectivity index (χ0v) is 10.3. The minimum Gasteiger partial charge on any atom is -0.398 e. The molecule has 1 aromatic carbocycles. The molecule has 0 saturated carbocycles. The van der Waals surface area contributed by atoms with Crippen LogP contribution in [0.15, 0.2) is 23.1 Å². The third-order valence-electron chi connectivity index (χ3n) is 2.65. The molecule has 0 aliphatic carbocycles. The normalized spacial score (nSPS) is 17.8. The van der Waals surface area contributed by atoms with Crippen LogP contribution in [0.2, 0.25) is 5.02 Å². The summed E-state index contributed by atoms with van der Waals surface area (Å²) in [5, 5.41) is 0.442. The average molecular weight is 261 g/mol. The van der Waals surface area contributed by atoms with Gasteiger partial charge in [0.15, 0.2) is 0 Å². The Bertz CT molecular complexity index is 496. The van der Waals surface area contributed by atoms with E-state index in [0.29, 0.717) is 18.1 Å². The van der Waals surface area contributed by atoms with Crippen molar-refractivity contribution in [3.8, 4) is 0 Å². The van der Waals surface area contributed by atoms with Gasteiger partial charge in [-0.25, -0.2) is 8.42 Å². The SMILES string of the molecule is Nc1cc(Cl)ccc1S(=O)(=O)N1CCCC1. The van der Waals surface area contributed by atoms with Gasteiger partial charge in [-0.2, -0.15) is 4.31 Å². The Labute approximate surface area is 100 Å². The van der Waals surface area contributed by atoms with Crippen molar-refractivity contribution in [3.05, 3.63) is 23.2 Å². The molecule has 0 spiro atoms. The topological polar surface area (TPSA) is 63.4 Å². The van der Waals surface area contributed by atoms with Gasteiger partial charge >= 0.3 is 0 Å². The number of sulfonamides is 1. The van der Waals surface area contributed by atoms with Crippen molar-refractivity contribution in [2.75, 3.05) is 18.8 Å². The lowest BCUT2D eigenvalue weighted by atomic mass is 10.3. The van der Waals surface area contributed by atoms with Crippen LogP contribution in [0.5, 0.6) is 0 Å². The van der Waals surface area contributed by atoms with Crippen LogP contribution in [-0.4, -0.2) is 25.8 Å². The monoisotopic (exact) mass is 260 g/mol. The average Bonchev–Trinajstić information content (AvgIpc) is 2.69. The fourth-order valence-electron chi connectivity index (χ4n) is 1.82. The Morgan fingerprint density at radius 1 is 1.25 bits per heavy atom. The predicted molar refractivity (Wildman–Crippen MR) is 63.9 cm³/mol. The molecule has 1 aliphatic heterocycles. The number of nitrogens with zero attached hydrogens (tertiary/aromatic N) is 1. The third kappa shape index (κ3) is 2.03. The minimum atomic E-state index is -3.44. The number of hydrogen-bond donors (Lipinski definition) is 1. The fraction of sp³-hybridized carbons (Fsp3) is 0.400. The van der Waals surface area contributed by atoms with Gasteiger partial charge in [0, 0.05) is 18.1 Å². The molecule has 2 N–H and O–H groups in total. The summed E-state index contributed by atoms with van der Waals surface area (Å²) in [4.78, 5) is 0.152. The highest BCUT2D eigenvalue weighted by molar-refractivity contribution is 7.89. The largest absolute Gasteiger partial charge is 0.398 e. The number of benzene rings is 1. The number of rotatable bonds is 2. The second-order valence-electron chi connectivity index (χ2n) is 3.79. The van der Waals surface area contributed by atoms with E-state index in [9.17, 15) is 8.42 Å². The van der Waals surface area contributed by atoms with Crippen LogP contribution in [-0.2, 0) is 10.0 Å². The highest BCUT2D eigenvalue weighted by atomic mass is 35.5. The van der Waals surface area contributed by atoms with E-state index < -0.39 is 10.0 Å². The molecule has 4 nitrogen and oxygen atoms in total. The van der Waals surface area contributed by atoms with Crippen LogP contribution in [0.1, 0.15) is 12.8 Å². The van der Waals surface area contributed by atoms with Crippen LogP contribution in [0.4, 0.5) is 5.69 Å². The summed E-state index contributed by atoms with van der Waals surface area (Å²) in [5.74, 6) is 0. The van der Waals surface area contributed by atoms with Crippen molar-refractivity contribution in [3.63, 3.8) is 0 Å². The van der Waals surface area contributed by atoms with Gasteiger partial charge in [-0.1, -0.05) is 11.6 Å². The Morgan fingerprint density at radius 2 is 1.88 bits per heavy atom. The van der Waals surface area contributed by atoms with Gasteiger partial charge in [0.2, 0.25) is 10.0 Å². The molecule has 1 heterocycles. The zero-order chi connectivity index (χ0) is 11.8. The lowest BCUT2D eigenvalue weighted by molar-refractivity contribution is 0.478. The summed E-state index contributed by atoms with van der Waals surface area (Å²) >= 11 is 5.74. The van der Waals surface area contributed by atoms with Crippen LogP contribution >= 0.6 is 11.6 Å². The van der Waals surface area contributed by atoms with E-state index in [0.717, 1.165) is 12.8 Å². The Morgan fingerprint density at radius 3 is 2.44 bits per heavy atom. The molecule has 1 aromatic rings. The predicted octanol–water partition coefficient (Wildman–Crippen LogP) is 1.71. The third-order valence-corrected chi connectivity index (χ3v) is 4.86. The summed E-state index contributed by atoms with van der Waals surface area (Å²) in [6, 6.07) is 4.47. The molecule has 88 valence electrons. The Balaban J connectivity index is 2.42. The van der Waals surface area contributed by atoms with Gasteiger partial charge in [-0.3, -0.25) is 0 Å². The Kier molecular flexibility index (Phi) is 3.10. The van der Waals surface area contributed by atoms with Gasteiger partial charge in [0.05, 0.1) is 5.69 Å². The van der Waals surface area contributed by atoms with Crippen molar-refractivity contribution in [1.29, 1.82) is 0 Å². The quantitative estimate of drug-likeness (QED) is 0.824. The second kappa shape index (κ2) is 4.24. The molecule has 1 aliphatic rings. The van der Waals surface area contributed by atoms with Gasteiger partial charge in [-0.15, -0.1) is 0 Å². The number of hydrogen-bond acceptors (Lipinski definition) is 3. The zero-order valence-electron chi connectivity index (χ0n) is 8.69. The number of nitrogens with two attached hydrogens (primary N) is 1. The van der Waals surface area contributed by atoms with Crippen LogP contribution < -0.4 is 5.73 Å². The summed E-state index contributed by atoms with van der Waals surface area (Å²) in [7, 11) is -3.44. The number of nitrogen functional groups attached to an aromatic ring is 1. The summed E-state index contributed by atoms with van der Waals surface area (Å²) < 4.78 is 25.8. The maximum atomic E-state index is 12.2. The molecular weight excluding hydrogens is 248 g/mol. The van der Waals surface area contributed by atoms with Crippen molar-refractivity contribution in [2.45, 2.75) is 17.7 Å². The van der Waals surface area contributed by atoms with E-state index >= 15 is 0 Å². The van der Waals surface area contributed by atoms with Gasteiger partial charge in [-0.05, 0) is 31.0 Å². The first kappa shape index (κ1) is 11.7.